The Morgan fingerprint density at radius 1 is 0.562 bits per heavy atom. The lowest BCUT2D eigenvalue weighted by molar-refractivity contribution is -0.311. The monoisotopic (exact) mass is 450 g/mol. The summed E-state index contributed by atoms with van der Waals surface area (Å²) in [7, 11) is 0. The second-order valence-corrected chi connectivity index (χ2v) is 8.11. The molecule has 0 bridgehead atoms. The molecule has 0 aliphatic heterocycles. The molecule has 0 N–H and O–H groups in total. The van der Waals surface area contributed by atoms with Gasteiger partial charge in [-0.3, -0.25) is 0 Å². The van der Waals surface area contributed by atoms with E-state index >= 15 is 8.78 Å². The zero-order chi connectivity index (χ0) is 23.6. The van der Waals surface area contributed by atoms with Crippen molar-refractivity contribution >= 4 is 0 Å². The lowest BCUT2D eigenvalue weighted by Gasteiger charge is -2.42. The molecule has 0 aliphatic carbocycles. The molecule has 3 atom stereocenters. The van der Waals surface area contributed by atoms with Crippen molar-refractivity contribution < 1.29 is 26.3 Å². The number of hydrogen-bond donors (Lipinski definition) is 0. The lowest BCUT2D eigenvalue weighted by Crippen LogP contribution is -2.56. The van der Waals surface area contributed by atoms with E-state index in [0.29, 0.717) is 11.1 Å². The van der Waals surface area contributed by atoms with Gasteiger partial charge in [0.05, 0.1) is 5.92 Å². The maximum absolute atomic E-state index is 15.6. The van der Waals surface area contributed by atoms with Gasteiger partial charge < -0.3 is 0 Å². The molecule has 0 fully saturated rings. The maximum atomic E-state index is 15.6. The van der Waals surface area contributed by atoms with Gasteiger partial charge in [-0.1, -0.05) is 97.9 Å². The van der Waals surface area contributed by atoms with Crippen molar-refractivity contribution in [1.29, 1.82) is 0 Å². The summed E-state index contributed by atoms with van der Waals surface area (Å²) in [5, 5.41) is 0. The van der Waals surface area contributed by atoms with Gasteiger partial charge in [-0.05, 0) is 22.6 Å². The fraction of sp³-hybridized carbons (Fsp3) is 0.308. The smallest absolute Gasteiger partial charge is 0.200 e. The van der Waals surface area contributed by atoms with Crippen LogP contribution in [0.5, 0.6) is 0 Å². The number of rotatable bonds is 8. The SMILES string of the molecule is CC(c1ccccc1)C(c1ccccc1)C(c1ccccc1)C(F)(F)C(F)(F)C(C)(F)F. The zero-order valence-electron chi connectivity index (χ0n) is 17.7. The number of halogens is 6. The van der Waals surface area contributed by atoms with Crippen molar-refractivity contribution in [3.8, 4) is 0 Å². The van der Waals surface area contributed by atoms with Crippen LogP contribution in [0, 0.1) is 0 Å². The van der Waals surface area contributed by atoms with Crippen molar-refractivity contribution in [3.05, 3.63) is 108 Å². The summed E-state index contributed by atoms with van der Waals surface area (Å²) in [6.07, 6.45) is 0. The molecule has 0 aromatic heterocycles. The first kappa shape index (κ1) is 23.9. The summed E-state index contributed by atoms with van der Waals surface area (Å²) >= 11 is 0. The quantitative estimate of drug-likeness (QED) is 0.303. The van der Waals surface area contributed by atoms with Crippen molar-refractivity contribution in [3.63, 3.8) is 0 Å². The highest BCUT2D eigenvalue weighted by Gasteiger charge is 2.73. The summed E-state index contributed by atoms with van der Waals surface area (Å²) in [5.74, 6) is -19.6. The Bertz CT molecular complexity index is 981. The molecule has 0 spiro atoms. The van der Waals surface area contributed by atoms with Gasteiger partial charge in [0.15, 0.2) is 0 Å². The average molecular weight is 450 g/mol. The van der Waals surface area contributed by atoms with Gasteiger partial charge in [-0.25, -0.2) is 0 Å². The lowest BCUT2D eigenvalue weighted by atomic mass is 9.68. The summed E-state index contributed by atoms with van der Waals surface area (Å²) in [4.78, 5) is 0. The maximum Gasteiger partial charge on any atom is 0.372 e. The largest absolute Gasteiger partial charge is 0.372 e. The standard InChI is InChI=1S/C26H24F6/c1-18(19-12-6-3-7-13-19)22(20-14-8-4-9-15-20)23(21-16-10-5-11-17-21)25(29,30)26(31,32)24(2,27)28/h3-18,22-23H,1-2H3. The summed E-state index contributed by atoms with van der Waals surface area (Å²) < 4.78 is 88.3. The molecule has 0 aliphatic rings. The van der Waals surface area contributed by atoms with Crippen LogP contribution in [0.25, 0.3) is 0 Å². The third-order valence-corrected chi connectivity index (χ3v) is 5.93. The second kappa shape index (κ2) is 9.00. The zero-order valence-corrected chi connectivity index (χ0v) is 17.7. The Morgan fingerprint density at radius 3 is 1.34 bits per heavy atom. The van der Waals surface area contributed by atoms with Crippen LogP contribution >= 0.6 is 0 Å². The van der Waals surface area contributed by atoms with E-state index in [-0.39, 0.29) is 12.5 Å². The third-order valence-electron chi connectivity index (χ3n) is 5.93. The van der Waals surface area contributed by atoms with Gasteiger partial charge in [-0.2, -0.15) is 26.3 Å². The fourth-order valence-corrected chi connectivity index (χ4v) is 4.20. The molecule has 6 heteroatoms. The molecule has 0 saturated heterocycles. The van der Waals surface area contributed by atoms with Crippen LogP contribution in [0.1, 0.15) is 48.3 Å². The molecule has 3 rings (SSSR count). The van der Waals surface area contributed by atoms with Gasteiger partial charge in [0.25, 0.3) is 0 Å². The molecule has 32 heavy (non-hydrogen) atoms. The van der Waals surface area contributed by atoms with Crippen LogP contribution in [0.4, 0.5) is 26.3 Å². The molecule has 0 amide bonds. The van der Waals surface area contributed by atoms with E-state index in [0.717, 1.165) is 0 Å². The van der Waals surface area contributed by atoms with Gasteiger partial charge in [0.1, 0.15) is 0 Å². The van der Waals surface area contributed by atoms with E-state index in [4.69, 9.17) is 0 Å². The van der Waals surface area contributed by atoms with Gasteiger partial charge in [0, 0.05) is 12.8 Å². The number of benzene rings is 3. The summed E-state index contributed by atoms with van der Waals surface area (Å²) in [6, 6.07) is 23.7. The summed E-state index contributed by atoms with van der Waals surface area (Å²) in [5.41, 5.74) is 0.885. The van der Waals surface area contributed by atoms with E-state index in [1.807, 2.05) is 0 Å². The Morgan fingerprint density at radius 2 is 0.938 bits per heavy atom. The number of hydrogen-bond acceptors (Lipinski definition) is 0. The molecule has 0 heterocycles. The van der Waals surface area contributed by atoms with Crippen molar-refractivity contribution in [2.45, 2.75) is 49.4 Å². The minimum atomic E-state index is -5.57. The topological polar surface area (TPSA) is 0 Å². The molecule has 170 valence electrons. The molecule has 3 aromatic rings. The van der Waals surface area contributed by atoms with E-state index in [1.54, 1.807) is 73.7 Å². The highest BCUT2D eigenvalue weighted by atomic mass is 19.3. The van der Waals surface area contributed by atoms with Gasteiger partial charge in [0.2, 0.25) is 0 Å². The predicted octanol–water partition coefficient (Wildman–Crippen LogP) is 8.28. The predicted molar refractivity (Wildman–Crippen MR) is 114 cm³/mol. The molecule has 0 nitrogen and oxygen atoms in total. The first-order valence-corrected chi connectivity index (χ1v) is 10.3. The fourth-order valence-electron chi connectivity index (χ4n) is 4.20. The van der Waals surface area contributed by atoms with E-state index in [9.17, 15) is 17.6 Å². The van der Waals surface area contributed by atoms with E-state index in [1.165, 1.54) is 24.3 Å². The molecule has 3 unspecified atom stereocenters. The van der Waals surface area contributed by atoms with Crippen LogP contribution < -0.4 is 0 Å². The van der Waals surface area contributed by atoms with E-state index in [2.05, 4.69) is 0 Å². The van der Waals surface area contributed by atoms with Crippen LogP contribution in [0.3, 0.4) is 0 Å². The Balaban J connectivity index is 2.28. The Hall–Kier alpha value is -2.76. The minimum absolute atomic E-state index is 0.127. The van der Waals surface area contributed by atoms with Gasteiger partial charge >= 0.3 is 17.8 Å². The average Bonchev–Trinajstić information content (AvgIpc) is 2.77. The molecular weight excluding hydrogens is 426 g/mol. The second-order valence-electron chi connectivity index (χ2n) is 8.11. The Kier molecular flexibility index (Phi) is 6.72. The van der Waals surface area contributed by atoms with Crippen molar-refractivity contribution in [1.82, 2.24) is 0 Å². The third kappa shape index (κ3) is 4.41. The highest BCUT2D eigenvalue weighted by molar-refractivity contribution is 5.36. The molecule has 0 radical (unpaired) electrons. The van der Waals surface area contributed by atoms with E-state index < -0.39 is 35.5 Å². The minimum Gasteiger partial charge on any atom is -0.200 e. The van der Waals surface area contributed by atoms with Crippen LogP contribution in [-0.4, -0.2) is 17.8 Å². The molecular formula is C26H24F6. The first-order valence-electron chi connectivity index (χ1n) is 10.3. The first-order chi connectivity index (χ1) is 15.0. The number of alkyl halides is 6. The molecule has 3 aromatic carbocycles. The van der Waals surface area contributed by atoms with Crippen molar-refractivity contribution in [2.75, 3.05) is 0 Å². The molecule has 0 saturated carbocycles. The van der Waals surface area contributed by atoms with Gasteiger partial charge in [-0.15, -0.1) is 0 Å². The Labute approximate surface area is 183 Å². The normalized spacial score (nSPS) is 15.8. The van der Waals surface area contributed by atoms with Crippen LogP contribution in [0.2, 0.25) is 0 Å². The van der Waals surface area contributed by atoms with Crippen molar-refractivity contribution in [2.24, 2.45) is 0 Å². The summed E-state index contributed by atoms with van der Waals surface area (Å²) in [6.45, 7) is 1.49. The van der Waals surface area contributed by atoms with Crippen LogP contribution in [0.15, 0.2) is 91.0 Å². The highest BCUT2D eigenvalue weighted by Crippen LogP contribution is 2.58. The van der Waals surface area contributed by atoms with Crippen LogP contribution in [-0.2, 0) is 0 Å².